The van der Waals surface area contributed by atoms with Crippen LogP contribution in [0.25, 0.3) is 0 Å². The third-order valence-corrected chi connectivity index (χ3v) is 0. The molecule has 0 unspecified atom stereocenters. The number of hydrogen-bond donors (Lipinski definition) is 0. The van der Waals surface area contributed by atoms with Gasteiger partial charge in [-0.3, -0.25) is 0 Å². The Balaban J connectivity index is 0. The normalized spacial score (nSPS) is 0. The molecule has 0 aromatic heterocycles. The summed E-state index contributed by atoms with van der Waals surface area (Å²) in [6.45, 7) is 0. The first kappa shape index (κ1) is 1030. The van der Waals surface area contributed by atoms with E-state index in [1.54, 1.807) is 0 Å². The average molecular weight is 332 g/mol. The molecular weight excluding hydrogens is 313 g/mol. The van der Waals surface area contributed by atoms with E-state index in [9.17, 15) is 0 Å². The first-order valence-corrected chi connectivity index (χ1v) is 0. The van der Waals surface area contributed by atoms with Gasteiger partial charge >= 0.3 is 0 Å². The van der Waals surface area contributed by atoms with E-state index in [1.165, 1.54) is 0 Å². The number of hydrogen-bond acceptors (Lipinski definition) is 0. The predicted octanol–water partition coefficient (Wildman–Crippen LogP) is -6.85. The summed E-state index contributed by atoms with van der Waals surface area (Å²) >= 11 is 0. The van der Waals surface area contributed by atoms with Crippen molar-refractivity contribution in [1.82, 2.24) is 0 Å². The summed E-state index contributed by atoms with van der Waals surface area (Å²) in [5.74, 6) is 0. The van der Waals surface area contributed by atoms with Gasteiger partial charge in [-0.25, -0.2) is 0 Å². The zero-order chi connectivity index (χ0) is 0. The molecule has 9 nitrogen and oxygen atoms in total. The van der Waals surface area contributed by atoms with Gasteiger partial charge in [-0.2, -0.15) is 0 Å². The van der Waals surface area contributed by atoms with Crippen molar-refractivity contribution in [3.8, 4) is 0 Å². The van der Waals surface area contributed by atoms with Gasteiger partial charge in [0.25, 0.3) is 0 Å². The Morgan fingerprint density at radius 2 is 0.273 bits per heavy atom. The molecule has 11 heteroatoms. The minimum Gasteiger partial charge on any atom is -0.412 e. The van der Waals surface area contributed by atoms with Crippen LogP contribution >= 0.6 is 17.0 Å². The number of halogens is 1. The molecule has 0 aromatic rings. The molecule has 0 saturated heterocycles. The summed E-state index contributed by atoms with van der Waals surface area (Å²) in [5, 5.41) is 0. The van der Waals surface area contributed by atoms with E-state index in [4.69, 9.17) is 0 Å². The summed E-state index contributed by atoms with van der Waals surface area (Å²) < 4.78 is 0. The predicted molar refractivity (Wildman–Crippen MR) is 42.8 cm³/mol. The topological polar surface area (TPSA) is 284 Å². The van der Waals surface area contributed by atoms with Crippen molar-refractivity contribution < 1.29 is 82.0 Å². The van der Waals surface area contributed by atoms with Gasteiger partial charge in [0.1, 0.15) is 0 Å². The molecule has 0 amide bonds. The summed E-state index contributed by atoms with van der Waals surface area (Å²) in [4.78, 5) is 0. The Labute approximate surface area is 98.6 Å². The maximum atomic E-state index is 0. The van der Waals surface area contributed by atoms with Gasteiger partial charge in [-0.1, -0.05) is 0 Å². The van der Waals surface area contributed by atoms with Crippen LogP contribution in [0.2, 0.25) is 0 Å². The van der Waals surface area contributed by atoms with Crippen LogP contribution in [0.1, 0.15) is 0 Å². The van der Waals surface area contributed by atoms with Gasteiger partial charge in [-0.05, 0) is 0 Å². The quantitative estimate of drug-likeness (QED) is 0.399. The minimum absolute atomic E-state index is 0. The molecular formula is H19BrO9Y. The van der Waals surface area contributed by atoms with Crippen LogP contribution in [-0.2, 0) is 32.7 Å². The van der Waals surface area contributed by atoms with Crippen molar-refractivity contribution in [2.45, 2.75) is 0 Å². The van der Waals surface area contributed by atoms with E-state index >= 15 is 0 Å². The van der Waals surface area contributed by atoms with E-state index in [0.29, 0.717) is 0 Å². The van der Waals surface area contributed by atoms with Crippen LogP contribution in [0.3, 0.4) is 0 Å². The maximum absolute atomic E-state index is 0. The molecule has 0 aliphatic rings. The fourth-order valence-electron chi connectivity index (χ4n) is 0. The molecule has 0 bridgehead atoms. The van der Waals surface area contributed by atoms with E-state index in [1.807, 2.05) is 0 Å². The van der Waals surface area contributed by atoms with Crippen molar-refractivity contribution in [3.05, 3.63) is 0 Å². The fraction of sp³-hybridized carbons (Fsp3) is 0. The minimum atomic E-state index is 0. The van der Waals surface area contributed by atoms with E-state index < -0.39 is 0 Å². The molecule has 18 N–H and O–H groups in total. The molecule has 0 heterocycles. The smallest absolute Gasteiger partial charge is 0 e. The van der Waals surface area contributed by atoms with Crippen LogP contribution in [0.5, 0.6) is 0 Å². The van der Waals surface area contributed by atoms with Crippen LogP contribution < -0.4 is 0 Å². The number of rotatable bonds is 0. The molecule has 11 heavy (non-hydrogen) atoms. The second-order valence-corrected chi connectivity index (χ2v) is 0. The Kier molecular flexibility index (Phi) is 73200. The third-order valence-electron chi connectivity index (χ3n) is 0. The summed E-state index contributed by atoms with van der Waals surface area (Å²) in [6, 6.07) is 0. The van der Waals surface area contributed by atoms with Crippen molar-refractivity contribution in [2.75, 3.05) is 0 Å². The largest absolute Gasteiger partial charge is 0.412 e. The fourth-order valence-corrected chi connectivity index (χ4v) is 0. The SMILES string of the molecule is Br.O.O.O.O.O.O.O.O.O.[Y]. The summed E-state index contributed by atoms with van der Waals surface area (Å²) in [5.41, 5.74) is 0. The van der Waals surface area contributed by atoms with Gasteiger partial charge in [0, 0.05) is 32.7 Å². The van der Waals surface area contributed by atoms with Gasteiger partial charge in [0.05, 0.1) is 0 Å². The van der Waals surface area contributed by atoms with Crippen molar-refractivity contribution in [3.63, 3.8) is 0 Å². The molecule has 0 aromatic carbocycles. The summed E-state index contributed by atoms with van der Waals surface area (Å²) in [6.07, 6.45) is 0. The Bertz CT molecular complexity index is 9.52. The molecule has 0 rings (SSSR count). The molecule has 0 fully saturated rings. The molecule has 1 radical (unpaired) electrons. The summed E-state index contributed by atoms with van der Waals surface area (Å²) in [7, 11) is 0. The van der Waals surface area contributed by atoms with Gasteiger partial charge in [0.2, 0.25) is 0 Å². The Morgan fingerprint density at radius 3 is 0.273 bits per heavy atom. The van der Waals surface area contributed by atoms with E-state index in [2.05, 4.69) is 0 Å². The zero-order valence-corrected chi connectivity index (χ0v) is 10.0. The van der Waals surface area contributed by atoms with Crippen molar-refractivity contribution in [2.24, 2.45) is 0 Å². The van der Waals surface area contributed by atoms with Crippen LogP contribution in [-0.4, -0.2) is 49.3 Å². The Hall–Kier alpha value is 1.22. The Morgan fingerprint density at radius 1 is 0.273 bits per heavy atom. The molecule has 0 aliphatic carbocycles. The standard InChI is InChI=1S/BrH.9H2O.Y/h1H;9*1H2;. The third kappa shape index (κ3) is 638. The van der Waals surface area contributed by atoms with Crippen LogP contribution in [0, 0.1) is 0 Å². The van der Waals surface area contributed by atoms with E-state index in [-0.39, 0.29) is 99.0 Å². The first-order valence-electron chi connectivity index (χ1n) is 0. The molecule has 0 aliphatic heterocycles. The molecule has 0 spiro atoms. The van der Waals surface area contributed by atoms with Crippen molar-refractivity contribution >= 4 is 17.0 Å². The van der Waals surface area contributed by atoms with Crippen molar-refractivity contribution in [1.29, 1.82) is 0 Å². The monoisotopic (exact) mass is 331 g/mol. The maximum Gasteiger partial charge on any atom is 0 e. The average Bonchev–Trinajstić information content (AvgIpc) is 0. The van der Waals surface area contributed by atoms with Gasteiger partial charge in [0.15, 0.2) is 0 Å². The second kappa shape index (κ2) is 783. The van der Waals surface area contributed by atoms with Crippen LogP contribution in [0.15, 0.2) is 0 Å². The first-order chi connectivity index (χ1) is 0. The molecule has 0 saturated carbocycles. The van der Waals surface area contributed by atoms with Gasteiger partial charge in [-0.15, -0.1) is 17.0 Å². The molecule has 0 atom stereocenters. The van der Waals surface area contributed by atoms with Gasteiger partial charge < -0.3 is 49.3 Å². The second-order valence-electron chi connectivity index (χ2n) is 0. The van der Waals surface area contributed by atoms with E-state index in [0.717, 1.165) is 0 Å². The zero-order valence-electron chi connectivity index (χ0n) is 5.49. The molecule has 83 valence electrons. The van der Waals surface area contributed by atoms with Crippen LogP contribution in [0.4, 0.5) is 0 Å².